The molecule has 0 unspecified atom stereocenters. The van der Waals surface area contributed by atoms with Gasteiger partial charge in [0, 0.05) is 18.5 Å². The minimum absolute atomic E-state index is 0.0438. The van der Waals surface area contributed by atoms with Gasteiger partial charge in [-0.2, -0.15) is 0 Å². The number of unbranched alkanes of at least 4 members (excludes halogenated alkanes) is 1. The van der Waals surface area contributed by atoms with Crippen molar-refractivity contribution in [1.29, 1.82) is 0 Å². The molecule has 0 aliphatic rings. The minimum Gasteiger partial charge on any atom is -0.407 e. The van der Waals surface area contributed by atoms with Crippen molar-refractivity contribution in [3.05, 3.63) is 60.7 Å². The van der Waals surface area contributed by atoms with Gasteiger partial charge in [0.05, 0.1) is 6.61 Å². The molecule has 2 rings (SSSR count). The lowest BCUT2D eigenvalue weighted by atomic mass is 10.2. The maximum atomic E-state index is 6.85. The van der Waals surface area contributed by atoms with Gasteiger partial charge in [0.1, 0.15) is 0 Å². The van der Waals surface area contributed by atoms with Crippen molar-refractivity contribution < 1.29 is 9.16 Å². The molecule has 2 aromatic carbocycles. The molecule has 0 saturated heterocycles. The molecule has 0 bridgehead atoms. The molecule has 0 spiro atoms. The third-order valence-electron chi connectivity index (χ3n) is 4.64. The van der Waals surface area contributed by atoms with Crippen LogP contribution in [-0.4, -0.2) is 33.5 Å². The fourth-order valence-electron chi connectivity index (χ4n) is 3.45. The molecule has 0 heterocycles. The van der Waals surface area contributed by atoms with E-state index in [1.165, 1.54) is 10.4 Å². The maximum absolute atomic E-state index is 6.85. The monoisotopic (exact) mass is 434 g/mol. The van der Waals surface area contributed by atoms with Crippen LogP contribution in [0.5, 0.6) is 0 Å². The van der Waals surface area contributed by atoms with Crippen LogP contribution in [0.4, 0.5) is 0 Å². The first kappa shape index (κ1) is 21.4. The summed E-state index contributed by atoms with van der Waals surface area (Å²) >= 11 is 3.39. The second kappa shape index (κ2) is 10.4. The molecule has 0 saturated carbocycles. The smallest absolute Gasteiger partial charge is 0.261 e. The Balaban J connectivity index is 2.24. The van der Waals surface area contributed by atoms with Crippen LogP contribution in [0.1, 0.15) is 33.6 Å². The quantitative estimate of drug-likeness (QED) is 0.305. The Labute approximate surface area is 168 Å². The predicted molar refractivity (Wildman–Crippen MR) is 117 cm³/mol. The molecule has 0 aromatic heterocycles. The van der Waals surface area contributed by atoms with Gasteiger partial charge in [-0.05, 0) is 28.3 Å². The summed E-state index contributed by atoms with van der Waals surface area (Å²) in [5, 5.41) is 3.62. The molecule has 0 atom stereocenters. The van der Waals surface area contributed by atoms with E-state index in [9.17, 15) is 0 Å². The average Bonchev–Trinajstić information content (AvgIpc) is 2.64. The number of rotatable bonds is 10. The van der Waals surface area contributed by atoms with Gasteiger partial charge >= 0.3 is 0 Å². The second-order valence-electron chi connectivity index (χ2n) is 7.52. The van der Waals surface area contributed by atoms with E-state index in [0.717, 1.165) is 38.0 Å². The van der Waals surface area contributed by atoms with E-state index >= 15 is 0 Å². The van der Waals surface area contributed by atoms with Gasteiger partial charge in [-0.25, -0.2) is 0 Å². The molecule has 0 aliphatic carbocycles. The number of benzene rings is 2. The van der Waals surface area contributed by atoms with Gasteiger partial charge in [-0.15, -0.1) is 0 Å². The Bertz CT molecular complexity index is 586. The van der Waals surface area contributed by atoms with Crippen molar-refractivity contribution in [2.24, 2.45) is 0 Å². The lowest BCUT2D eigenvalue weighted by Gasteiger charge is -2.43. The van der Waals surface area contributed by atoms with Crippen molar-refractivity contribution in [3.63, 3.8) is 0 Å². The zero-order chi connectivity index (χ0) is 18.9. The molecule has 2 nitrogen and oxygen atoms in total. The molecule has 4 heteroatoms. The highest BCUT2D eigenvalue weighted by Gasteiger charge is 2.49. The molecule has 142 valence electrons. The van der Waals surface area contributed by atoms with Crippen LogP contribution in [0.3, 0.4) is 0 Å². The summed E-state index contributed by atoms with van der Waals surface area (Å²) in [5.41, 5.74) is 0. The number of hydrogen-bond donors (Lipinski definition) is 0. The van der Waals surface area contributed by atoms with Crippen LogP contribution in [-0.2, 0) is 9.16 Å². The summed E-state index contributed by atoms with van der Waals surface area (Å²) in [5.74, 6) is 0. The Morgan fingerprint density at radius 2 is 1.27 bits per heavy atom. The molecule has 26 heavy (non-hydrogen) atoms. The van der Waals surface area contributed by atoms with E-state index < -0.39 is 8.32 Å². The summed E-state index contributed by atoms with van der Waals surface area (Å²) < 4.78 is 12.4. The van der Waals surface area contributed by atoms with E-state index in [0.29, 0.717) is 0 Å². The van der Waals surface area contributed by atoms with Gasteiger partial charge in [0.25, 0.3) is 8.32 Å². The van der Waals surface area contributed by atoms with Crippen molar-refractivity contribution in [3.8, 4) is 0 Å². The fourth-order valence-corrected chi connectivity index (χ4v) is 8.28. The van der Waals surface area contributed by atoms with Crippen LogP contribution in [0.15, 0.2) is 60.7 Å². The first-order valence-electron chi connectivity index (χ1n) is 9.41. The highest BCUT2D eigenvalue weighted by atomic mass is 79.9. The molecule has 0 aliphatic heterocycles. The molecule has 0 N–H and O–H groups in total. The third kappa shape index (κ3) is 5.29. The third-order valence-corrected chi connectivity index (χ3v) is 10.0. The topological polar surface area (TPSA) is 18.5 Å². The summed E-state index contributed by atoms with van der Waals surface area (Å²) in [6.45, 7) is 9.30. The van der Waals surface area contributed by atoms with Gasteiger partial charge < -0.3 is 9.16 Å². The van der Waals surface area contributed by atoms with Gasteiger partial charge in [-0.3, -0.25) is 0 Å². The van der Waals surface area contributed by atoms with Gasteiger partial charge in [0.2, 0.25) is 0 Å². The number of halogens is 1. The Kier molecular flexibility index (Phi) is 8.55. The average molecular weight is 435 g/mol. The van der Waals surface area contributed by atoms with E-state index in [-0.39, 0.29) is 5.04 Å². The number of ether oxygens (including phenoxy) is 1. The molecule has 0 radical (unpaired) electrons. The first-order chi connectivity index (χ1) is 12.5. The van der Waals surface area contributed by atoms with E-state index in [2.05, 4.69) is 97.4 Å². The van der Waals surface area contributed by atoms with Gasteiger partial charge in [0.15, 0.2) is 0 Å². The summed E-state index contributed by atoms with van der Waals surface area (Å²) in [7, 11) is -2.37. The van der Waals surface area contributed by atoms with Crippen molar-refractivity contribution in [2.45, 2.75) is 38.7 Å². The maximum Gasteiger partial charge on any atom is 0.261 e. The largest absolute Gasteiger partial charge is 0.407 e. The highest BCUT2D eigenvalue weighted by Crippen LogP contribution is 2.36. The van der Waals surface area contributed by atoms with Gasteiger partial charge in [-0.1, -0.05) is 97.4 Å². The highest BCUT2D eigenvalue weighted by molar-refractivity contribution is 9.09. The van der Waals surface area contributed by atoms with Crippen LogP contribution < -0.4 is 10.4 Å². The van der Waals surface area contributed by atoms with Crippen molar-refractivity contribution >= 4 is 34.6 Å². The Morgan fingerprint density at radius 1 is 0.769 bits per heavy atom. The van der Waals surface area contributed by atoms with Crippen LogP contribution in [0.2, 0.25) is 5.04 Å². The molecule has 2 aromatic rings. The van der Waals surface area contributed by atoms with Crippen LogP contribution in [0, 0.1) is 0 Å². The predicted octanol–water partition coefficient (Wildman–Crippen LogP) is 4.75. The van der Waals surface area contributed by atoms with Crippen molar-refractivity contribution in [1.82, 2.24) is 0 Å². The normalized spacial score (nSPS) is 12.3. The lowest BCUT2D eigenvalue weighted by Crippen LogP contribution is -2.66. The Morgan fingerprint density at radius 3 is 1.73 bits per heavy atom. The molecule has 0 fully saturated rings. The van der Waals surface area contributed by atoms with Crippen LogP contribution in [0.25, 0.3) is 0 Å². The SMILES string of the molecule is CC(C)(C)[Si](OCCCCOCCBr)(c1ccccc1)c1ccccc1. The standard InChI is InChI=1S/C22H31BrO2Si/c1-22(2,3)26(20-12-6-4-7-13-20,21-14-8-5-9-15-21)25-18-11-10-17-24-19-16-23/h4-9,12-15H,10-11,16-19H2,1-3H3. The summed E-state index contributed by atoms with van der Waals surface area (Å²) in [4.78, 5) is 0. The first-order valence-corrected chi connectivity index (χ1v) is 12.4. The lowest BCUT2D eigenvalue weighted by molar-refractivity contribution is 0.141. The van der Waals surface area contributed by atoms with Crippen LogP contribution >= 0.6 is 15.9 Å². The molecular formula is C22H31BrO2Si. The van der Waals surface area contributed by atoms with E-state index in [1.54, 1.807) is 0 Å². The summed E-state index contributed by atoms with van der Waals surface area (Å²) in [6, 6.07) is 21.6. The second-order valence-corrected chi connectivity index (χ2v) is 12.6. The van der Waals surface area contributed by atoms with Crippen molar-refractivity contribution in [2.75, 3.05) is 25.2 Å². The van der Waals surface area contributed by atoms with E-state index in [1.807, 2.05) is 0 Å². The summed E-state index contributed by atoms with van der Waals surface area (Å²) in [6.07, 6.45) is 2.05. The minimum atomic E-state index is -2.37. The molecule has 0 amide bonds. The van der Waals surface area contributed by atoms with E-state index in [4.69, 9.17) is 9.16 Å². The zero-order valence-electron chi connectivity index (χ0n) is 16.2. The Hall–Kier alpha value is -0.943. The molecular weight excluding hydrogens is 404 g/mol. The number of hydrogen-bond acceptors (Lipinski definition) is 2. The fraction of sp³-hybridized carbons (Fsp3) is 0.455. The zero-order valence-corrected chi connectivity index (χ0v) is 18.8. The number of alkyl halides is 1.